The largest absolute Gasteiger partial charge is 0.435 e. The van der Waals surface area contributed by atoms with Gasteiger partial charge in [0.25, 0.3) is 5.91 Å². The van der Waals surface area contributed by atoms with Crippen molar-refractivity contribution in [3.05, 3.63) is 78.4 Å². The first-order valence-electron chi connectivity index (χ1n) is 7.97. The number of aromatic nitrogens is 2. The van der Waals surface area contributed by atoms with E-state index in [-0.39, 0.29) is 17.7 Å². The van der Waals surface area contributed by atoms with E-state index in [2.05, 4.69) is 15.0 Å². The minimum Gasteiger partial charge on any atom is -0.435 e. The highest BCUT2D eigenvalue weighted by molar-refractivity contribution is 5.94. The summed E-state index contributed by atoms with van der Waals surface area (Å²) in [6.07, 6.45) is 5.26. The molecule has 0 bridgehead atoms. The number of benzene rings is 2. The maximum Gasteiger partial charge on any atom is 0.387 e. The summed E-state index contributed by atoms with van der Waals surface area (Å²) < 4.78 is 30.5. The molecule has 0 spiro atoms. The maximum atomic E-state index is 12.3. The first kappa shape index (κ1) is 17.6. The number of alkyl halides is 2. The average Bonchev–Trinajstić information content (AvgIpc) is 3.16. The van der Waals surface area contributed by atoms with E-state index in [0.717, 1.165) is 11.3 Å². The third kappa shape index (κ3) is 4.24. The van der Waals surface area contributed by atoms with Gasteiger partial charge in [0.05, 0.1) is 12.4 Å². The van der Waals surface area contributed by atoms with Crippen LogP contribution in [0, 0.1) is 0 Å². The molecule has 3 rings (SSSR count). The van der Waals surface area contributed by atoms with Crippen molar-refractivity contribution >= 4 is 5.91 Å². The van der Waals surface area contributed by atoms with Gasteiger partial charge in [-0.25, -0.2) is 4.98 Å². The van der Waals surface area contributed by atoms with Gasteiger partial charge >= 0.3 is 6.61 Å². The molecular formula is C19H17F2N3O2. The zero-order chi connectivity index (χ0) is 18.5. The number of ether oxygens (including phenoxy) is 1. The fourth-order valence-electron chi connectivity index (χ4n) is 2.50. The molecule has 0 aliphatic carbocycles. The monoisotopic (exact) mass is 357 g/mol. The number of nitrogens with zero attached hydrogens (tertiary/aromatic N) is 2. The first-order chi connectivity index (χ1) is 12.5. The van der Waals surface area contributed by atoms with E-state index in [1.165, 1.54) is 24.3 Å². The lowest BCUT2D eigenvalue weighted by molar-refractivity contribution is -0.0498. The molecule has 0 saturated carbocycles. The van der Waals surface area contributed by atoms with E-state index >= 15 is 0 Å². The molecule has 1 unspecified atom stereocenters. The van der Waals surface area contributed by atoms with Gasteiger partial charge in [-0.3, -0.25) is 4.79 Å². The molecule has 5 nitrogen and oxygen atoms in total. The van der Waals surface area contributed by atoms with Gasteiger partial charge in [0.1, 0.15) is 5.75 Å². The van der Waals surface area contributed by atoms with Crippen molar-refractivity contribution in [3.8, 4) is 11.4 Å². The Hall–Kier alpha value is -3.22. The SMILES string of the molecule is CC(NC(=O)c1ccc(OC(F)F)cc1)c1ccc(-n2ccnc2)cc1. The van der Waals surface area contributed by atoms with Crippen LogP contribution in [0.1, 0.15) is 28.9 Å². The van der Waals surface area contributed by atoms with Crippen molar-refractivity contribution in [2.75, 3.05) is 0 Å². The number of imidazole rings is 1. The molecule has 1 amide bonds. The topological polar surface area (TPSA) is 56.1 Å². The van der Waals surface area contributed by atoms with Crippen LogP contribution in [0.2, 0.25) is 0 Å². The summed E-state index contributed by atoms with van der Waals surface area (Å²) in [6, 6.07) is 13.1. The van der Waals surface area contributed by atoms with Gasteiger partial charge in [-0.2, -0.15) is 8.78 Å². The molecule has 2 aromatic carbocycles. The van der Waals surface area contributed by atoms with Crippen molar-refractivity contribution in [3.63, 3.8) is 0 Å². The van der Waals surface area contributed by atoms with Crippen LogP contribution in [0.5, 0.6) is 5.75 Å². The van der Waals surface area contributed by atoms with Gasteiger partial charge in [-0.05, 0) is 48.9 Å². The van der Waals surface area contributed by atoms with E-state index in [1.54, 1.807) is 12.5 Å². The van der Waals surface area contributed by atoms with Crippen LogP contribution >= 0.6 is 0 Å². The Kier molecular flexibility index (Phi) is 5.26. The zero-order valence-electron chi connectivity index (χ0n) is 14.0. The predicted molar refractivity (Wildman–Crippen MR) is 92.5 cm³/mol. The molecule has 0 fully saturated rings. The van der Waals surface area contributed by atoms with Crippen LogP contribution in [0.25, 0.3) is 5.69 Å². The molecule has 1 aromatic heterocycles. The smallest absolute Gasteiger partial charge is 0.387 e. The number of carbonyl (C=O) groups excluding carboxylic acids is 1. The second-order valence-corrected chi connectivity index (χ2v) is 5.66. The Morgan fingerprint density at radius 3 is 2.38 bits per heavy atom. The van der Waals surface area contributed by atoms with Gasteiger partial charge in [0.15, 0.2) is 0 Å². The summed E-state index contributed by atoms with van der Waals surface area (Å²) in [6.45, 7) is -1.02. The number of amides is 1. The van der Waals surface area contributed by atoms with E-state index in [1.807, 2.05) is 42.0 Å². The highest BCUT2D eigenvalue weighted by atomic mass is 19.3. The van der Waals surface area contributed by atoms with Gasteiger partial charge < -0.3 is 14.6 Å². The van der Waals surface area contributed by atoms with Crippen LogP contribution in [-0.4, -0.2) is 22.1 Å². The molecule has 0 aliphatic rings. The Balaban J connectivity index is 1.63. The Morgan fingerprint density at radius 1 is 1.12 bits per heavy atom. The molecule has 1 heterocycles. The minimum atomic E-state index is -2.89. The lowest BCUT2D eigenvalue weighted by atomic mass is 10.1. The van der Waals surface area contributed by atoms with Crippen molar-refractivity contribution in [2.24, 2.45) is 0 Å². The van der Waals surface area contributed by atoms with Crippen LogP contribution in [-0.2, 0) is 0 Å². The summed E-state index contributed by atoms with van der Waals surface area (Å²) >= 11 is 0. The predicted octanol–water partition coefficient (Wildman–Crippen LogP) is 3.96. The van der Waals surface area contributed by atoms with Gasteiger partial charge in [0, 0.05) is 23.6 Å². The Labute approximate surface area is 149 Å². The molecule has 1 N–H and O–H groups in total. The van der Waals surface area contributed by atoms with Crippen LogP contribution in [0.4, 0.5) is 8.78 Å². The first-order valence-corrected chi connectivity index (χ1v) is 7.97. The number of carbonyl (C=O) groups is 1. The molecule has 0 aliphatic heterocycles. The molecule has 3 aromatic rings. The molecule has 7 heteroatoms. The summed E-state index contributed by atoms with van der Waals surface area (Å²) in [4.78, 5) is 16.3. The Morgan fingerprint density at radius 2 is 1.81 bits per heavy atom. The summed E-state index contributed by atoms with van der Waals surface area (Å²) in [5.41, 5.74) is 2.28. The van der Waals surface area contributed by atoms with Crippen molar-refractivity contribution in [1.82, 2.24) is 14.9 Å². The second kappa shape index (κ2) is 7.77. The third-order valence-corrected chi connectivity index (χ3v) is 3.88. The average molecular weight is 357 g/mol. The number of hydrogen-bond donors (Lipinski definition) is 1. The fourth-order valence-corrected chi connectivity index (χ4v) is 2.50. The van der Waals surface area contributed by atoms with Crippen molar-refractivity contribution in [1.29, 1.82) is 0 Å². The van der Waals surface area contributed by atoms with E-state index < -0.39 is 6.61 Å². The zero-order valence-corrected chi connectivity index (χ0v) is 14.0. The lowest BCUT2D eigenvalue weighted by Crippen LogP contribution is -2.26. The highest BCUT2D eigenvalue weighted by Gasteiger charge is 2.12. The summed E-state index contributed by atoms with van der Waals surface area (Å²) in [5.74, 6) is -0.278. The Bertz CT molecular complexity index is 848. The number of nitrogens with one attached hydrogen (secondary N) is 1. The molecule has 0 saturated heterocycles. The number of hydrogen-bond acceptors (Lipinski definition) is 3. The normalized spacial score (nSPS) is 12.0. The van der Waals surface area contributed by atoms with Crippen LogP contribution in [0.15, 0.2) is 67.3 Å². The lowest BCUT2D eigenvalue weighted by Gasteiger charge is -2.15. The molecular weight excluding hydrogens is 340 g/mol. The maximum absolute atomic E-state index is 12.3. The summed E-state index contributed by atoms with van der Waals surface area (Å²) in [7, 11) is 0. The third-order valence-electron chi connectivity index (χ3n) is 3.88. The molecule has 26 heavy (non-hydrogen) atoms. The second-order valence-electron chi connectivity index (χ2n) is 5.66. The van der Waals surface area contributed by atoms with Crippen molar-refractivity contribution in [2.45, 2.75) is 19.6 Å². The van der Waals surface area contributed by atoms with Gasteiger partial charge in [-0.1, -0.05) is 12.1 Å². The molecule has 134 valence electrons. The quantitative estimate of drug-likeness (QED) is 0.726. The fraction of sp³-hybridized carbons (Fsp3) is 0.158. The van der Waals surface area contributed by atoms with Crippen molar-refractivity contribution < 1.29 is 18.3 Å². The van der Waals surface area contributed by atoms with Gasteiger partial charge in [-0.15, -0.1) is 0 Å². The molecule has 0 radical (unpaired) electrons. The molecule has 1 atom stereocenters. The van der Waals surface area contributed by atoms with E-state index in [0.29, 0.717) is 5.56 Å². The standard InChI is InChI=1S/C19H17F2N3O2/c1-13(14-2-6-16(7-3-14)24-11-10-22-12-24)23-18(25)15-4-8-17(9-5-15)26-19(20)21/h2-13,19H,1H3,(H,23,25). The van der Waals surface area contributed by atoms with E-state index in [4.69, 9.17) is 0 Å². The summed E-state index contributed by atoms with van der Waals surface area (Å²) in [5, 5.41) is 2.88. The minimum absolute atomic E-state index is 0.0136. The van der Waals surface area contributed by atoms with E-state index in [9.17, 15) is 13.6 Å². The van der Waals surface area contributed by atoms with Crippen LogP contribution in [0.3, 0.4) is 0 Å². The number of halogens is 2. The van der Waals surface area contributed by atoms with Gasteiger partial charge in [0.2, 0.25) is 0 Å². The number of rotatable bonds is 6. The van der Waals surface area contributed by atoms with Crippen LogP contribution < -0.4 is 10.1 Å². The highest BCUT2D eigenvalue weighted by Crippen LogP contribution is 2.18.